The van der Waals surface area contributed by atoms with Crippen LogP contribution in [0.5, 0.6) is 5.75 Å². The van der Waals surface area contributed by atoms with E-state index in [1.807, 2.05) is 25.1 Å². The second kappa shape index (κ2) is 6.51. The van der Waals surface area contributed by atoms with E-state index < -0.39 is 0 Å². The molecule has 6 nitrogen and oxygen atoms in total. The molecule has 1 aromatic heterocycles. The standard InChI is InChI=1S/C13H13IN4O2/c1-8-5-11(17-16-8)13(19)18-15-7-9-3-4-12(20-2)10(14)6-9/h3-7H,1-2H3,(H,16,17)(H,18,19)/b15-7+. The maximum absolute atomic E-state index is 11.7. The van der Waals surface area contributed by atoms with E-state index in [2.05, 4.69) is 43.3 Å². The van der Waals surface area contributed by atoms with E-state index in [0.29, 0.717) is 5.69 Å². The number of ether oxygens (including phenoxy) is 1. The maximum Gasteiger partial charge on any atom is 0.291 e. The van der Waals surface area contributed by atoms with Crippen molar-refractivity contribution in [3.63, 3.8) is 0 Å². The lowest BCUT2D eigenvalue weighted by Gasteiger charge is -2.03. The van der Waals surface area contributed by atoms with Crippen LogP contribution >= 0.6 is 22.6 Å². The number of benzene rings is 1. The normalized spacial score (nSPS) is 10.8. The molecule has 2 rings (SSSR count). The fraction of sp³-hybridized carbons (Fsp3) is 0.154. The Hall–Kier alpha value is -1.90. The van der Waals surface area contributed by atoms with Crippen molar-refractivity contribution in [3.05, 3.63) is 44.8 Å². The summed E-state index contributed by atoms with van der Waals surface area (Å²) in [6.45, 7) is 1.83. The third-order valence-electron chi connectivity index (χ3n) is 2.49. The van der Waals surface area contributed by atoms with Gasteiger partial charge in [-0.05, 0) is 59.3 Å². The van der Waals surface area contributed by atoms with Crippen LogP contribution in [-0.4, -0.2) is 29.4 Å². The first-order valence-corrected chi connectivity index (χ1v) is 6.87. The quantitative estimate of drug-likeness (QED) is 0.482. The van der Waals surface area contributed by atoms with Gasteiger partial charge in [0.05, 0.1) is 16.9 Å². The molecule has 0 unspecified atom stereocenters. The van der Waals surface area contributed by atoms with Crippen molar-refractivity contribution in [1.29, 1.82) is 0 Å². The second-order valence-electron chi connectivity index (χ2n) is 4.03. The number of aromatic nitrogens is 2. The number of methoxy groups -OCH3 is 1. The molecule has 2 aromatic rings. The first-order valence-electron chi connectivity index (χ1n) is 5.79. The summed E-state index contributed by atoms with van der Waals surface area (Å²) in [4.78, 5) is 11.7. The minimum Gasteiger partial charge on any atom is -0.496 e. The first kappa shape index (κ1) is 14.5. The van der Waals surface area contributed by atoms with Crippen LogP contribution in [0, 0.1) is 10.5 Å². The number of carbonyl (C=O) groups is 1. The average molecular weight is 384 g/mol. The van der Waals surface area contributed by atoms with Crippen LogP contribution in [-0.2, 0) is 0 Å². The van der Waals surface area contributed by atoms with E-state index in [1.165, 1.54) is 0 Å². The molecule has 1 aromatic carbocycles. The number of nitrogens with zero attached hydrogens (tertiary/aromatic N) is 2. The number of aryl methyl sites for hydroxylation is 1. The van der Waals surface area contributed by atoms with Crippen molar-refractivity contribution in [1.82, 2.24) is 15.6 Å². The zero-order chi connectivity index (χ0) is 14.5. The summed E-state index contributed by atoms with van der Waals surface area (Å²) in [5.41, 5.74) is 4.42. The molecule has 0 atom stereocenters. The van der Waals surface area contributed by atoms with Crippen LogP contribution in [0.15, 0.2) is 29.4 Å². The van der Waals surface area contributed by atoms with Crippen LogP contribution in [0.4, 0.5) is 0 Å². The molecule has 0 saturated carbocycles. The number of hydrogen-bond donors (Lipinski definition) is 2. The zero-order valence-corrected chi connectivity index (χ0v) is 13.1. The predicted molar refractivity (Wildman–Crippen MR) is 84.1 cm³/mol. The molecule has 0 aliphatic heterocycles. The number of hydrazone groups is 1. The Balaban J connectivity index is 2.00. The van der Waals surface area contributed by atoms with E-state index in [9.17, 15) is 4.79 Å². The predicted octanol–water partition coefficient (Wildman–Crippen LogP) is 2.10. The van der Waals surface area contributed by atoms with Crippen molar-refractivity contribution in [2.75, 3.05) is 7.11 Å². The minimum atomic E-state index is -0.353. The Morgan fingerprint density at radius 1 is 1.50 bits per heavy atom. The zero-order valence-electron chi connectivity index (χ0n) is 11.0. The smallest absolute Gasteiger partial charge is 0.291 e. The molecule has 20 heavy (non-hydrogen) atoms. The lowest BCUT2D eigenvalue weighted by atomic mass is 10.2. The Bertz CT molecular complexity index is 652. The average Bonchev–Trinajstić information content (AvgIpc) is 2.85. The Labute approximate surface area is 129 Å². The Morgan fingerprint density at radius 2 is 2.30 bits per heavy atom. The number of amides is 1. The second-order valence-corrected chi connectivity index (χ2v) is 5.19. The molecule has 104 valence electrons. The van der Waals surface area contributed by atoms with Gasteiger partial charge in [-0.1, -0.05) is 0 Å². The summed E-state index contributed by atoms with van der Waals surface area (Å²) < 4.78 is 6.14. The largest absolute Gasteiger partial charge is 0.496 e. The SMILES string of the molecule is COc1ccc(/C=N/NC(=O)c2cc(C)[nH]n2)cc1I. The van der Waals surface area contributed by atoms with Crippen molar-refractivity contribution < 1.29 is 9.53 Å². The molecule has 0 spiro atoms. The molecule has 2 N–H and O–H groups in total. The molecule has 0 aliphatic carbocycles. The van der Waals surface area contributed by atoms with Gasteiger partial charge in [0.1, 0.15) is 5.75 Å². The Morgan fingerprint density at radius 3 is 2.90 bits per heavy atom. The summed E-state index contributed by atoms with van der Waals surface area (Å²) in [5, 5.41) is 10.5. The molecule has 0 fully saturated rings. The van der Waals surface area contributed by atoms with Gasteiger partial charge in [0.25, 0.3) is 5.91 Å². The highest BCUT2D eigenvalue weighted by molar-refractivity contribution is 14.1. The van der Waals surface area contributed by atoms with Gasteiger partial charge in [0.15, 0.2) is 5.69 Å². The van der Waals surface area contributed by atoms with Crippen LogP contribution in [0.3, 0.4) is 0 Å². The highest BCUT2D eigenvalue weighted by Gasteiger charge is 2.07. The summed E-state index contributed by atoms with van der Waals surface area (Å²) >= 11 is 2.18. The van der Waals surface area contributed by atoms with Gasteiger partial charge in [-0.2, -0.15) is 10.2 Å². The number of H-pyrrole nitrogens is 1. The van der Waals surface area contributed by atoms with Crippen molar-refractivity contribution in [3.8, 4) is 5.75 Å². The number of nitrogens with one attached hydrogen (secondary N) is 2. The highest BCUT2D eigenvalue weighted by atomic mass is 127. The number of aromatic amines is 1. The minimum absolute atomic E-state index is 0.309. The fourth-order valence-corrected chi connectivity index (χ4v) is 2.28. The monoisotopic (exact) mass is 384 g/mol. The first-order chi connectivity index (χ1) is 9.60. The molecule has 1 heterocycles. The lowest BCUT2D eigenvalue weighted by molar-refractivity contribution is 0.0950. The summed E-state index contributed by atoms with van der Waals surface area (Å²) in [7, 11) is 1.62. The fourth-order valence-electron chi connectivity index (χ4n) is 1.52. The molecule has 0 aliphatic rings. The van der Waals surface area contributed by atoms with Crippen molar-refractivity contribution >= 4 is 34.7 Å². The van der Waals surface area contributed by atoms with E-state index in [0.717, 1.165) is 20.6 Å². The lowest BCUT2D eigenvalue weighted by Crippen LogP contribution is -2.18. The van der Waals surface area contributed by atoms with Crippen molar-refractivity contribution in [2.45, 2.75) is 6.92 Å². The van der Waals surface area contributed by atoms with Gasteiger partial charge in [0.2, 0.25) is 0 Å². The van der Waals surface area contributed by atoms with Gasteiger partial charge < -0.3 is 4.74 Å². The van der Waals surface area contributed by atoms with Crippen molar-refractivity contribution in [2.24, 2.45) is 5.10 Å². The van der Waals surface area contributed by atoms with E-state index >= 15 is 0 Å². The molecular formula is C13H13IN4O2. The van der Waals surface area contributed by atoms with Crippen LogP contribution in [0.1, 0.15) is 21.7 Å². The number of carbonyl (C=O) groups excluding carboxylic acids is 1. The topological polar surface area (TPSA) is 79.4 Å². The Kier molecular flexibility index (Phi) is 4.72. The van der Waals surface area contributed by atoms with E-state index in [4.69, 9.17) is 4.74 Å². The number of hydrogen-bond acceptors (Lipinski definition) is 4. The molecular weight excluding hydrogens is 371 g/mol. The van der Waals surface area contributed by atoms with Gasteiger partial charge in [-0.3, -0.25) is 9.89 Å². The molecule has 7 heteroatoms. The summed E-state index contributed by atoms with van der Waals surface area (Å²) in [5.74, 6) is 0.451. The van der Waals surface area contributed by atoms with E-state index in [1.54, 1.807) is 19.4 Å². The van der Waals surface area contributed by atoms with E-state index in [-0.39, 0.29) is 5.91 Å². The van der Waals surface area contributed by atoms with Crippen LogP contribution in [0.25, 0.3) is 0 Å². The summed E-state index contributed by atoms with van der Waals surface area (Å²) in [6, 6.07) is 7.27. The van der Waals surface area contributed by atoms with Gasteiger partial charge in [-0.25, -0.2) is 5.43 Å². The maximum atomic E-state index is 11.7. The number of rotatable bonds is 4. The third kappa shape index (κ3) is 3.56. The molecule has 1 amide bonds. The van der Waals surface area contributed by atoms with Gasteiger partial charge >= 0.3 is 0 Å². The van der Waals surface area contributed by atoms with Gasteiger partial charge in [-0.15, -0.1) is 0 Å². The summed E-state index contributed by atoms with van der Waals surface area (Å²) in [6.07, 6.45) is 1.57. The van der Waals surface area contributed by atoms with Gasteiger partial charge in [0, 0.05) is 5.69 Å². The highest BCUT2D eigenvalue weighted by Crippen LogP contribution is 2.20. The molecule has 0 radical (unpaired) electrons. The molecule has 0 bridgehead atoms. The number of halogens is 1. The van der Waals surface area contributed by atoms with Crippen LogP contribution < -0.4 is 10.2 Å². The van der Waals surface area contributed by atoms with Crippen LogP contribution in [0.2, 0.25) is 0 Å². The molecule has 0 saturated heterocycles. The third-order valence-corrected chi connectivity index (χ3v) is 3.34.